The summed E-state index contributed by atoms with van der Waals surface area (Å²) in [4.78, 5) is 49.2. The predicted molar refractivity (Wildman–Crippen MR) is 180 cm³/mol. The number of carbonyl (C=O) groups is 3. The van der Waals surface area contributed by atoms with E-state index >= 15 is 0 Å². The Morgan fingerprint density at radius 3 is 2.22 bits per heavy atom. The molecule has 2 bridgehead atoms. The normalized spacial score (nSPS) is 25.5. The average Bonchev–Trinajstić information content (AvgIpc) is 3.71. The van der Waals surface area contributed by atoms with Crippen LogP contribution in [0.2, 0.25) is 5.02 Å². The molecule has 2 unspecified atom stereocenters. The van der Waals surface area contributed by atoms with Crippen LogP contribution in [0.3, 0.4) is 0 Å². The molecule has 9 heteroatoms. The molecule has 0 saturated carbocycles. The maximum atomic E-state index is 15.0. The zero-order valence-corrected chi connectivity index (χ0v) is 26.4. The van der Waals surface area contributed by atoms with E-state index < -0.39 is 28.7 Å². The number of carbonyl (C=O) groups excluding carboxylic acids is 3. The number of aliphatic hydroxyl groups is 1. The van der Waals surface area contributed by atoms with Gasteiger partial charge in [0, 0.05) is 24.0 Å². The van der Waals surface area contributed by atoms with Crippen molar-refractivity contribution in [3.63, 3.8) is 0 Å². The van der Waals surface area contributed by atoms with E-state index in [9.17, 15) is 19.5 Å². The quantitative estimate of drug-likeness (QED) is 0.264. The molecule has 3 aliphatic rings. The highest BCUT2D eigenvalue weighted by Crippen LogP contribution is 2.67. The highest BCUT2D eigenvalue weighted by atomic mass is 35.5. The number of anilines is 2. The van der Waals surface area contributed by atoms with E-state index in [1.165, 1.54) is 0 Å². The van der Waals surface area contributed by atoms with Crippen LogP contribution in [0, 0.1) is 11.8 Å². The highest BCUT2D eigenvalue weighted by Gasteiger charge is 2.75. The Morgan fingerprint density at radius 1 is 0.956 bits per heavy atom. The second-order valence-electron chi connectivity index (χ2n) is 11.7. The van der Waals surface area contributed by atoms with Gasteiger partial charge in [0.1, 0.15) is 6.04 Å². The number of likely N-dealkylation sites (tertiary alicyclic amines) is 1. The molecule has 232 valence electrons. The molecule has 6 atom stereocenters. The van der Waals surface area contributed by atoms with Gasteiger partial charge in [0.15, 0.2) is 0 Å². The van der Waals surface area contributed by atoms with Gasteiger partial charge in [0.25, 0.3) is 5.91 Å². The van der Waals surface area contributed by atoms with Gasteiger partial charge >= 0.3 is 0 Å². The summed E-state index contributed by atoms with van der Waals surface area (Å²) in [5.74, 6) is -2.12. The van der Waals surface area contributed by atoms with Gasteiger partial charge < -0.3 is 19.8 Å². The van der Waals surface area contributed by atoms with Crippen molar-refractivity contribution in [2.75, 3.05) is 29.5 Å². The van der Waals surface area contributed by atoms with Gasteiger partial charge in [-0.3, -0.25) is 14.4 Å². The van der Waals surface area contributed by atoms with Crippen molar-refractivity contribution in [2.24, 2.45) is 11.8 Å². The van der Waals surface area contributed by atoms with Gasteiger partial charge in [0.2, 0.25) is 11.8 Å². The average molecular weight is 642 g/mol. The molecule has 1 spiro atoms. The summed E-state index contributed by atoms with van der Waals surface area (Å²) in [7, 11) is 0. The molecule has 3 aromatic rings. The molecule has 6 rings (SSSR count). The monoisotopic (exact) mass is 641 g/mol. The fourth-order valence-electron chi connectivity index (χ4n) is 7.51. The Hall–Kier alpha value is -3.85. The summed E-state index contributed by atoms with van der Waals surface area (Å²) >= 11 is 8.21. The molecule has 0 aromatic heterocycles. The highest BCUT2D eigenvalue weighted by molar-refractivity contribution is 8.02. The Morgan fingerprint density at radius 2 is 1.58 bits per heavy atom. The number of amides is 3. The minimum absolute atomic E-state index is 0.127. The van der Waals surface area contributed by atoms with Gasteiger partial charge in [-0.2, -0.15) is 0 Å². The maximum absolute atomic E-state index is 15.0. The van der Waals surface area contributed by atoms with Crippen molar-refractivity contribution < 1.29 is 19.5 Å². The third-order valence-electron chi connectivity index (χ3n) is 9.32. The van der Waals surface area contributed by atoms with E-state index in [1.54, 1.807) is 56.8 Å². The van der Waals surface area contributed by atoms with Crippen LogP contribution in [0.5, 0.6) is 0 Å². The first-order valence-electron chi connectivity index (χ1n) is 15.2. The lowest BCUT2D eigenvalue weighted by atomic mass is 9.70. The number of thioether (sulfide) groups is 1. The third kappa shape index (κ3) is 5.19. The van der Waals surface area contributed by atoms with E-state index in [4.69, 9.17) is 11.6 Å². The summed E-state index contributed by atoms with van der Waals surface area (Å²) in [6.45, 7) is 7.86. The van der Waals surface area contributed by atoms with Crippen LogP contribution in [-0.2, 0) is 14.4 Å². The molecule has 3 heterocycles. The van der Waals surface area contributed by atoms with Crippen LogP contribution < -0.4 is 9.80 Å². The van der Waals surface area contributed by atoms with Gasteiger partial charge in [-0.15, -0.1) is 24.9 Å². The standard InChI is InChI=1S/C36H36ClN3O4S/c1-3-21-38(25-15-9-6-10-16-25)33(42)30-29-19-20-36(45-29)31(30)34(43)40(28(23-41)24-13-7-5-8-14-24)32(36)35(44)39(22-4-2)27-18-12-11-17-26(27)37/h3-18,28-32,41H,1-2,19-23H2/t28-,29-,30+,31+,32?,36?/m1/s1. The number of hydrogen-bond donors (Lipinski definition) is 1. The Bertz CT molecular complexity index is 1600. The molecule has 3 amide bonds. The van der Waals surface area contributed by atoms with E-state index in [1.807, 2.05) is 66.7 Å². The second-order valence-corrected chi connectivity index (χ2v) is 13.7. The molecule has 45 heavy (non-hydrogen) atoms. The molecule has 0 aliphatic carbocycles. The number of nitrogens with zero attached hydrogens (tertiary/aromatic N) is 3. The SMILES string of the molecule is C=CCN(C(=O)[C@@H]1[C@H]2C(=O)N([C@H](CO)c3ccccc3)C(C(=O)N(CC=C)c3ccccc3Cl)C23CC[C@H]1S3)c1ccccc1. The van der Waals surface area contributed by atoms with Crippen LogP contribution in [-0.4, -0.2) is 63.5 Å². The Labute approximate surface area is 273 Å². The fraction of sp³-hybridized carbons (Fsp3) is 0.306. The molecule has 3 saturated heterocycles. The van der Waals surface area contributed by atoms with Crippen LogP contribution in [0.4, 0.5) is 11.4 Å². The van der Waals surface area contributed by atoms with E-state index in [0.29, 0.717) is 30.1 Å². The summed E-state index contributed by atoms with van der Waals surface area (Å²) in [5.41, 5.74) is 1.96. The lowest BCUT2D eigenvalue weighted by molar-refractivity contribution is -0.142. The minimum atomic E-state index is -0.944. The molecule has 1 N–H and O–H groups in total. The number of fused-ring (bicyclic) bond motifs is 1. The summed E-state index contributed by atoms with van der Waals surface area (Å²) < 4.78 is -0.863. The minimum Gasteiger partial charge on any atom is -0.394 e. The number of hydrogen-bond acceptors (Lipinski definition) is 5. The largest absolute Gasteiger partial charge is 0.394 e. The summed E-state index contributed by atoms with van der Waals surface area (Å²) in [5, 5.41) is 11.1. The number of aliphatic hydroxyl groups excluding tert-OH is 1. The number of para-hydroxylation sites is 2. The summed E-state index contributed by atoms with van der Waals surface area (Å²) in [6.07, 6.45) is 4.61. The molecular weight excluding hydrogens is 606 g/mol. The molecule has 0 radical (unpaired) electrons. The van der Waals surface area contributed by atoms with E-state index in [0.717, 1.165) is 11.3 Å². The molecule has 3 aliphatic heterocycles. The number of benzene rings is 3. The van der Waals surface area contributed by atoms with Crippen molar-refractivity contribution in [3.05, 3.63) is 121 Å². The van der Waals surface area contributed by atoms with Crippen LogP contribution in [0.1, 0.15) is 24.4 Å². The van der Waals surface area contributed by atoms with Gasteiger partial charge in [0.05, 0.1) is 39.9 Å². The third-order valence-corrected chi connectivity index (χ3v) is 11.6. The predicted octanol–water partition coefficient (Wildman–Crippen LogP) is 5.90. The van der Waals surface area contributed by atoms with Crippen molar-refractivity contribution in [1.82, 2.24) is 4.90 Å². The molecule has 3 aromatic carbocycles. The van der Waals surface area contributed by atoms with Gasteiger partial charge in [-0.25, -0.2) is 0 Å². The van der Waals surface area contributed by atoms with E-state index in [-0.39, 0.29) is 36.1 Å². The summed E-state index contributed by atoms with van der Waals surface area (Å²) in [6, 6.07) is 24.1. The molecule has 3 fully saturated rings. The van der Waals surface area contributed by atoms with Crippen LogP contribution in [0.15, 0.2) is 110 Å². The maximum Gasteiger partial charge on any atom is 0.251 e. The van der Waals surface area contributed by atoms with Crippen LogP contribution in [0.25, 0.3) is 0 Å². The molecule has 7 nitrogen and oxygen atoms in total. The lowest BCUT2D eigenvalue weighted by Crippen LogP contribution is -2.56. The lowest BCUT2D eigenvalue weighted by Gasteiger charge is -2.40. The van der Waals surface area contributed by atoms with Gasteiger partial charge in [-0.1, -0.05) is 84.4 Å². The first kappa shape index (κ1) is 31.1. The van der Waals surface area contributed by atoms with Crippen molar-refractivity contribution in [3.8, 4) is 0 Å². The zero-order valence-electron chi connectivity index (χ0n) is 24.9. The second kappa shape index (κ2) is 12.9. The Balaban J connectivity index is 1.48. The van der Waals surface area contributed by atoms with Crippen molar-refractivity contribution in [2.45, 2.75) is 34.9 Å². The van der Waals surface area contributed by atoms with Crippen molar-refractivity contribution >= 4 is 52.5 Å². The first-order chi connectivity index (χ1) is 21.9. The molecular formula is C36H36ClN3O4S. The smallest absolute Gasteiger partial charge is 0.251 e. The van der Waals surface area contributed by atoms with E-state index in [2.05, 4.69) is 13.2 Å². The topological polar surface area (TPSA) is 81.2 Å². The number of halogens is 1. The fourth-order valence-corrected chi connectivity index (χ4v) is 9.94. The number of rotatable bonds is 11. The zero-order chi connectivity index (χ0) is 31.7. The van der Waals surface area contributed by atoms with Crippen LogP contribution >= 0.6 is 23.4 Å². The first-order valence-corrected chi connectivity index (χ1v) is 16.4. The van der Waals surface area contributed by atoms with Gasteiger partial charge in [-0.05, 0) is 42.7 Å². The Kier molecular flexibility index (Phi) is 8.91. The van der Waals surface area contributed by atoms with Crippen molar-refractivity contribution in [1.29, 1.82) is 0 Å².